The van der Waals surface area contributed by atoms with Gasteiger partial charge in [-0.05, 0) is 59.6 Å². The summed E-state index contributed by atoms with van der Waals surface area (Å²) in [6, 6.07) is 7.88. The van der Waals surface area contributed by atoms with Crippen LogP contribution < -0.4 is 10.6 Å². The first-order valence-electron chi connectivity index (χ1n) is 9.49. The van der Waals surface area contributed by atoms with Gasteiger partial charge in [0, 0.05) is 24.4 Å². The largest absolute Gasteiger partial charge is 0.357 e. The molecule has 1 saturated carbocycles. The third-order valence-electron chi connectivity index (χ3n) is 5.02. The van der Waals surface area contributed by atoms with Gasteiger partial charge >= 0.3 is 0 Å². The summed E-state index contributed by atoms with van der Waals surface area (Å²) in [7, 11) is 1.55. The van der Waals surface area contributed by atoms with E-state index in [1.165, 1.54) is 12.3 Å². The van der Waals surface area contributed by atoms with Gasteiger partial charge in [0.05, 0.1) is 0 Å². The minimum Gasteiger partial charge on any atom is -0.357 e. The van der Waals surface area contributed by atoms with Gasteiger partial charge < -0.3 is 10.6 Å². The van der Waals surface area contributed by atoms with Crippen LogP contribution in [0.4, 0.5) is 4.39 Å². The molecule has 0 bridgehead atoms. The molecule has 1 aliphatic carbocycles. The molecule has 28 heavy (non-hydrogen) atoms. The minimum absolute atomic E-state index is 0.238. The Labute approximate surface area is 164 Å². The molecule has 2 aromatic rings. The van der Waals surface area contributed by atoms with Crippen molar-refractivity contribution >= 4 is 11.8 Å². The highest BCUT2D eigenvalue weighted by molar-refractivity contribution is 5.99. The second kappa shape index (κ2) is 7.70. The number of halogens is 1. The van der Waals surface area contributed by atoms with Gasteiger partial charge in [0.15, 0.2) is 0 Å². The van der Waals surface area contributed by atoms with E-state index in [-0.39, 0.29) is 11.8 Å². The highest BCUT2D eigenvalue weighted by atomic mass is 19.1. The van der Waals surface area contributed by atoms with Crippen LogP contribution in [0.2, 0.25) is 0 Å². The molecule has 1 atom stereocenters. The van der Waals surface area contributed by atoms with Gasteiger partial charge in [0.25, 0.3) is 5.91 Å². The zero-order chi connectivity index (χ0) is 20.5. The van der Waals surface area contributed by atoms with Crippen LogP contribution in [0, 0.1) is 11.4 Å². The summed E-state index contributed by atoms with van der Waals surface area (Å²) in [6.45, 7) is 5.71. The number of nitrogens with one attached hydrogen (secondary N) is 2. The van der Waals surface area contributed by atoms with E-state index >= 15 is 0 Å². The standard InChI is InChI=1S/C22H26FN3O2/c1-22(2,3)19(21(28)24-4)26-20(27)14-7-9-16(13-5-6-13)17(11-14)15-8-10-18(23)25-12-15/h7-13,19H,5-6H2,1-4H3,(H,24,28)(H,26,27). The van der Waals surface area contributed by atoms with E-state index < -0.39 is 17.4 Å². The van der Waals surface area contributed by atoms with E-state index in [4.69, 9.17) is 0 Å². The lowest BCUT2D eigenvalue weighted by Gasteiger charge is -2.30. The highest BCUT2D eigenvalue weighted by Crippen LogP contribution is 2.44. The van der Waals surface area contributed by atoms with Crippen molar-refractivity contribution in [2.24, 2.45) is 5.41 Å². The number of carbonyl (C=O) groups excluding carboxylic acids is 2. The number of carbonyl (C=O) groups is 2. The van der Waals surface area contributed by atoms with Gasteiger partial charge in [0.2, 0.25) is 11.9 Å². The molecule has 0 spiro atoms. The maximum Gasteiger partial charge on any atom is 0.251 e. The van der Waals surface area contributed by atoms with Crippen LogP contribution in [0.1, 0.15) is 55.5 Å². The minimum atomic E-state index is -0.663. The number of hydrogen-bond donors (Lipinski definition) is 2. The Morgan fingerprint density at radius 1 is 1.18 bits per heavy atom. The number of rotatable bonds is 5. The topological polar surface area (TPSA) is 71.1 Å². The zero-order valence-electron chi connectivity index (χ0n) is 16.7. The van der Waals surface area contributed by atoms with Gasteiger partial charge in [-0.1, -0.05) is 26.8 Å². The van der Waals surface area contributed by atoms with Gasteiger partial charge in [-0.2, -0.15) is 4.39 Å². The number of likely N-dealkylation sites (N-methyl/N-ethyl adjacent to an activating group) is 1. The van der Waals surface area contributed by atoms with Crippen LogP contribution in [0.25, 0.3) is 11.1 Å². The Kier molecular flexibility index (Phi) is 5.49. The molecule has 0 radical (unpaired) electrons. The molecule has 1 fully saturated rings. The average Bonchev–Trinajstić information content (AvgIpc) is 3.49. The van der Waals surface area contributed by atoms with Crippen LogP contribution in [-0.4, -0.2) is 29.9 Å². The second-order valence-electron chi connectivity index (χ2n) is 8.33. The fourth-order valence-electron chi connectivity index (χ4n) is 3.27. The molecule has 0 saturated heterocycles. The van der Waals surface area contributed by atoms with Gasteiger partial charge in [-0.25, -0.2) is 4.98 Å². The third kappa shape index (κ3) is 4.38. The quantitative estimate of drug-likeness (QED) is 0.774. The molecule has 1 unspecified atom stereocenters. The molecule has 2 amide bonds. The molecule has 1 heterocycles. The van der Waals surface area contributed by atoms with E-state index in [0.29, 0.717) is 11.5 Å². The molecule has 2 N–H and O–H groups in total. The first-order valence-corrected chi connectivity index (χ1v) is 9.49. The normalized spacial score (nSPS) is 15.0. The van der Waals surface area contributed by atoms with Crippen molar-refractivity contribution in [2.45, 2.75) is 45.6 Å². The Morgan fingerprint density at radius 2 is 1.89 bits per heavy atom. The molecular formula is C22H26FN3O2. The van der Waals surface area contributed by atoms with Crippen molar-refractivity contribution in [1.82, 2.24) is 15.6 Å². The molecule has 1 aliphatic rings. The smallest absolute Gasteiger partial charge is 0.251 e. The molecule has 3 rings (SSSR count). The maximum atomic E-state index is 13.2. The number of hydrogen-bond acceptors (Lipinski definition) is 3. The van der Waals surface area contributed by atoms with E-state index in [1.54, 1.807) is 19.2 Å². The molecule has 1 aromatic carbocycles. The summed E-state index contributed by atoms with van der Waals surface area (Å²) in [4.78, 5) is 28.9. The van der Waals surface area contributed by atoms with Crippen molar-refractivity contribution in [2.75, 3.05) is 7.05 Å². The summed E-state index contributed by atoms with van der Waals surface area (Å²) in [6.07, 6.45) is 3.70. The molecule has 0 aliphatic heterocycles. The molecule has 1 aromatic heterocycles. The molecular weight excluding hydrogens is 357 g/mol. The first-order chi connectivity index (χ1) is 13.2. The lowest BCUT2D eigenvalue weighted by Crippen LogP contribution is -2.52. The Bertz CT molecular complexity index is 884. The first kappa shape index (κ1) is 20.0. The summed E-state index contributed by atoms with van der Waals surface area (Å²) >= 11 is 0. The van der Waals surface area contributed by atoms with Crippen molar-refractivity contribution in [3.63, 3.8) is 0 Å². The molecule has 6 heteroatoms. The van der Waals surface area contributed by atoms with Crippen molar-refractivity contribution in [3.05, 3.63) is 53.6 Å². The van der Waals surface area contributed by atoms with Gasteiger partial charge in [0.1, 0.15) is 6.04 Å². The Hall–Kier alpha value is -2.76. The molecule has 5 nitrogen and oxygen atoms in total. The fraction of sp³-hybridized carbons (Fsp3) is 0.409. The third-order valence-corrected chi connectivity index (χ3v) is 5.02. The highest BCUT2D eigenvalue weighted by Gasteiger charge is 2.33. The maximum absolute atomic E-state index is 13.2. The van der Waals surface area contributed by atoms with Crippen molar-refractivity contribution in [3.8, 4) is 11.1 Å². The lowest BCUT2D eigenvalue weighted by molar-refractivity contribution is -0.124. The summed E-state index contributed by atoms with van der Waals surface area (Å²) in [5.74, 6) is -0.629. The Balaban J connectivity index is 1.93. The lowest BCUT2D eigenvalue weighted by atomic mass is 9.86. The predicted octanol–water partition coefficient (Wildman–Crippen LogP) is 3.66. The Morgan fingerprint density at radius 3 is 2.43 bits per heavy atom. The van der Waals surface area contributed by atoms with Gasteiger partial charge in [-0.3, -0.25) is 9.59 Å². The van der Waals surface area contributed by atoms with Crippen LogP contribution in [0.15, 0.2) is 36.5 Å². The van der Waals surface area contributed by atoms with Crippen molar-refractivity contribution in [1.29, 1.82) is 0 Å². The van der Waals surface area contributed by atoms with E-state index in [1.807, 2.05) is 32.9 Å². The van der Waals surface area contributed by atoms with E-state index in [0.717, 1.165) is 29.5 Å². The van der Waals surface area contributed by atoms with Crippen molar-refractivity contribution < 1.29 is 14.0 Å². The summed E-state index contributed by atoms with van der Waals surface area (Å²) < 4.78 is 13.2. The number of benzene rings is 1. The number of nitrogens with zero attached hydrogens (tertiary/aromatic N) is 1. The zero-order valence-corrected chi connectivity index (χ0v) is 16.7. The van der Waals surface area contributed by atoms with Crippen LogP contribution >= 0.6 is 0 Å². The molecule has 148 valence electrons. The number of pyridine rings is 1. The van der Waals surface area contributed by atoms with E-state index in [2.05, 4.69) is 15.6 Å². The fourth-order valence-corrected chi connectivity index (χ4v) is 3.27. The van der Waals surface area contributed by atoms with Crippen LogP contribution in [-0.2, 0) is 4.79 Å². The van der Waals surface area contributed by atoms with E-state index in [9.17, 15) is 14.0 Å². The van der Waals surface area contributed by atoms with Gasteiger partial charge in [-0.15, -0.1) is 0 Å². The van der Waals surface area contributed by atoms with Crippen LogP contribution in [0.5, 0.6) is 0 Å². The number of aromatic nitrogens is 1. The van der Waals surface area contributed by atoms with Crippen LogP contribution in [0.3, 0.4) is 0 Å². The second-order valence-corrected chi connectivity index (χ2v) is 8.33. The summed E-state index contributed by atoms with van der Waals surface area (Å²) in [5, 5.41) is 5.46. The summed E-state index contributed by atoms with van der Waals surface area (Å²) in [5.41, 5.74) is 2.82. The monoisotopic (exact) mass is 383 g/mol. The number of amides is 2. The SMILES string of the molecule is CNC(=O)C(NC(=O)c1ccc(C2CC2)c(-c2ccc(F)nc2)c1)C(C)(C)C. The predicted molar refractivity (Wildman–Crippen MR) is 106 cm³/mol. The average molecular weight is 383 g/mol.